The molecule has 0 aliphatic rings. The molecule has 5 heteroatoms. The lowest BCUT2D eigenvalue weighted by Gasteiger charge is -2.15. The summed E-state index contributed by atoms with van der Waals surface area (Å²) in [6.07, 6.45) is 3.57. The summed E-state index contributed by atoms with van der Waals surface area (Å²) < 4.78 is 0. The topological polar surface area (TPSA) is 60.9 Å². The van der Waals surface area contributed by atoms with Crippen LogP contribution in [0.3, 0.4) is 0 Å². The number of aromatic nitrogens is 2. The number of nitrogens with one attached hydrogen (secondary N) is 2. The molecule has 0 aliphatic carbocycles. The maximum atomic E-state index is 9.47. The second kappa shape index (κ2) is 6.15. The largest absolute Gasteiger partial charge is 0.390 e. The van der Waals surface area contributed by atoms with Crippen LogP contribution < -0.4 is 5.32 Å². The average molecular weight is 229 g/mol. The molecular formula is C10H19N3OS. The molecular weight excluding hydrogens is 210 g/mol. The average Bonchev–Trinajstić information content (AvgIpc) is 2.61. The van der Waals surface area contributed by atoms with Crippen molar-refractivity contribution in [2.24, 2.45) is 0 Å². The summed E-state index contributed by atoms with van der Waals surface area (Å²) in [5.41, 5.74) is -0.564. The van der Waals surface area contributed by atoms with E-state index < -0.39 is 5.60 Å². The molecule has 0 saturated heterocycles. The van der Waals surface area contributed by atoms with Gasteiger partial charge in [0.25, 0.3) is 0 Å². The minimum Gasteiger partial charge on any atom is -0.390 e. The Morgan fingerprint density at radius 2 is 2.40 bits per heavy atom. The van der Waals surface area contributed by atoms with E-state index in [4.69, 9.17) is 0 Å². The fourth-order valence-electron chi connectivity index (χ4n) is 1.07. The van der Waals surface area contributed by atoms with Gasteiger partial charge in [0.1, 0.15) is 5.82 Å². The smallest absolute Gasteiger partial charge is 0.120 e. The van der Waals surface area contributed by atoms with Crippen LogP contribution >= 0.6 is 11.8 Å². The van der Waals surface area contributed by atoms with E-state index in [2.05, 4.69) is 15.3 Å². The molecule has 0 unspecified atom stereocenters. The molecule has 0 bridgehead atoms. The molecule has 1 rings (SSSR count). The summed E-state index contributed by atoms with van der Waals surface area (Å²) in [4.78, 5) is 7.14. The number of aromatic amines is 1. The van der Waals surface area contributed by atoms with Gasteiger partial charge < -0.3 is 15.4 Å². The summed E-state index contributed by atoms with van der Waals surface area (Å²) in [5, 5.41) is 12.7. The summed E-state index contributed by atoms with van der Waals surface area (Å²) in [6, 6.07) is 0. The normalized spacial score (nSPS) is 11.9. The van der Waals surface area contributed by atoms with Crippen molar-refractivity contribution < 1.29 is 5.11 Å². The number of nitrogens with zero attached hydrogens (tertiary/aromatic N) is 1. The SMILES string of the molecule is CC(C)(O)CSCCNCc1ncc[nH]1. The molecule has 15 heavy (non-hydrogen) atoms. The predicted molar refractivity (Wildman–Crippen MR) is 63.9 cm³/mol. The first-order chi connectivity index (χ1) is 7.08. The van der Waals surface area contributed by atoms with Crippen molar-refractivity contribution in [1.82, 2.24) is 15.3 Å². The minimum atomic E-state index is -0.564. The number of hydrogen-bond donors (Lipinski definition) is 3. The molecule has 3 N–H and O–H groups in total. The molecule has 0 atom stereocenters. The van der Waals surface area contributed by atoms with Crippen LogP contribution in [0.4, 0.5) is 0 Å². The summed E-state index contributed by atoms with van der Waals surface area (Å²) in [6.45, 7) is 5.37. The van der Waals surface area contributed by atoms with Crippen molar-refractivity contribution in [2.45, 2.75) is 26.0 Å². The van der Waals surface area contributed by atoms with Gasteiger partial charge in [-0.25, -0.2) is 4.98 Å². The molecule has 0 radical (unpaired) electrons. The van der Waals surface area contributed by atoms with Gasteiger partial charge in [0.2, 0.25) is 0 Å². The zero-order valence-electron chi connectivity index (χ0n) is 9.29. The van der Waals surface area contributed by atoms with Gasteiger partial charge in [-0.2, -0.15) is 11.8 Å². The van der Waals surface area contributed by atoms with Gasteiger partial charge in [-0.3, -0.25) is 0 Å². The van der Waals surface area contributed by atoms with Gasteiger partial charge in [0, 0.05) is 30.4 Å². The quantitative estimate of drug-likeness (QED) is 0.611. The van der Waals surface area contributed by atoms with Gasteiger partial charge >= 0.3 is 0 Å². The lowest BCUT2D eigenvalue weighted by Crippen LogP contribution is -2.23. The maximum absolute atomic E-state index is 9.47. The van der Waals surface area contributed by atoms with E-state index in [9.17, 15) is 5.11 Å². The van der Waals surface area contributed by atoms with Crippen LogP contribution in [0.1, 0.15) is 19.7 Å². The first-order valence-corrected chi connectivity index (χ1v) is 6.22. The van der Waals surface area contributed by atoms with Gasteiger partial charge in [0.15, 0.2) is 0 Å². The predicted octanol–water partition coefficient (Wildman–Crippen LogP) is 1.00. The molecule has 0 aromatic carbocycles. The van der Waals surface area contributed by atoms with Crippen LogP contribution in [-0.2, 0) is 6.54 Å². The summed E-state index contributed by atoms with van der Waals surface area (Å²) in [5.74, 6) is 2.74. The Hall–Kier alpha value is -0.520. The third-order valence-electron chi connectivity index (χ3n) is 1.73. The van der Waals surface area contributed by atoms with E-state index >= 15 is 0 Å². The molecule has 0 aliphatic heterocycles. The first kappa shape index (κ1) is 12.5. The highest BCUT2D eigenvalue weighted by Crippen LogP contribution is 2.10. The molecule has 1 heterocycles. The van der Waals surface area contributed by atoms with Crippen LogP contribution in [0, 0.1) is 0 Å². The Labute approximate surface area is 94.9 Å². The molecule has 0 spiro atoms. The molecule has 0 saturated carbocycles. The van der Waals surface area contributed by atoms with E-state index in [1.807, 2.05) is 20.0 Å². The standard InChI is InChI=1S/C10H19N3OS/c1-10(2,14)8-15-6-5-11-7-9-12-3-4-13-9/h3-4,11,14H,5-8H2,1-2H3,(H,12,13). The first-order valence-electron chi connectivity index (χ1n) is 5.07. The monoisotopic (exact) mass is 229 g/mol. The van der Waals surface area contributed by atoms with Gasteiger partial charge in [-0.15, -0.1) is 0 Å². The third kappa shape index (κ3) is 6.54. The number of rotatable bonds is 7. The number of imidazole rings is 1. The van der Waals surface area contributed by atoms with Crippen molar-refractivity contribution in [3.05, 3.63) is 18.2 Å². The van der Waals surface area contributed by atoms with Crippen molar-refractivity contribution in [2.75, 3.05) is 18.1 Å². The zero-order valence-corrected chi connectivity index (χ0v) is 10.1. The Bertz CT molecular complexity index is 256. The second-order valence-corrected chi connectivity index (χ2v) is 5.18. The fraction of sp³-hybridized carbons (Fsp3) is 0.700. The molecule has 0 amide bonds. The Morgan fingerprint density at radius 1 is 1.60 bits per heavy atom. The van der Waals surface area contributed by atoms with E-state index in [0.29, 0.717) is 0 Å². The number of thioether (sulfide) groups is 1. The van der Waals surface area contributed by atoms with E-state index in [1.165, 1.54) is 0 Å². The fourth-order valence-corrected chi connectivity index (χ4v) is 2.00. The number of aliphatic hydroxyl groups is 1. The van der Waals surface area contributed by atoms with Gasteiger partial charge in [-0.05, 0) is 13.8 Å². The number of H-pyrrole nitrogens is 1. The van der Waals surface area contributed by atoms with Crippen molar-refractivity contribution in [3.63, 3.8) is 0 Å². The lowest BCUT2D eigenvalue weighted by atomic mass is 10.2. The van der Waals surface area contributed by atoms with Crippen molar-refractivity contribution in [3.8, 4) is 0 Å². The molecule has 4 nitrogen and oxygen atoms in total. The van der Waals surface area contributed by atoms with Crippen LogP contribution in [-0.4, -0.2) is 38.7 Å². The third-order valence-corrected chi connectivity index (χ3v) is 3.13. The van der Waals surface area contributed by atoms with Crippen LogP contribution in [0.15, 0.2) is 12.4 Å². The Morgan fingerprint density at radius 3 is 3.00 bits per heavy atom. The summed E-state index contributed by atoms with van der Waals surface area (Å²) in [7, 11) is 0. The Balaban J connectivity index is 1.94. The molecule has 0 fully saturated rings. The highest BCUT2D eigenvalue weighted by Gasteiger charge is 2.11. The van der Waals surface area contributed by atoms with E-state index in [1.54, 1.807) is 18.0 Å². The Kier molecular flexibility index (Phi) is 5.14. The highest BCUT2D eigenvalue weighted by atomic mass is 32.2. The van der Waals surface area contributed by atoms with Crippen LogP contribution in [0.5, 0.6) is 0 Å². The van der Waals surface area contributed by atoms with Gasteiger partial charge in [-0.1, -0.05) is 0 Å². The van der Waals surface area contributed by atoms with Crippen LogP contribution in [0.25, 0.3) is 0 Å². The van der Waals surface area contributed by atoms with Gasteiger partial charge in [0.05, 0.1) is 12.1 Å². The van der Waals surface area contributed by atoms with Crippen LogP contribution in [0.2, 0.25) is 0 Å². The van der Waals surface area contributed by atoms with Crippen molar-refractivity contribution >= 4 is 11.8 Å². The second-order valence-electron chi connectivity index (χ2n) is 4.08. The molecule has 1 aromatic rings. The summed E-state index contributed by atoms with van der Waals surface area (Å²) >= 11 is 1.75. The maximum Gasteiger partial charge on any atom is 0.120 e. The molecule has 1 aromatic heterocycles. The lowest BCUT2D eigenvalue weighted by molar-refractivity contribution is 0.107. The van der Waals surface area contributed by atoms with E-state index in [0.717, 1.165) is 30.4 Å². The van der Waals surface area contributed by atoms with Crippen molar-refractivity contribution in [1.29, 1.82) is 0 Å². The zero-order chi connectivity index (χ0) is 11.1. The number of hydrogen-bond acceptors (Lipinski definition) is 4. The van der Waals surface area contributed by atoms with E-state index in [-0.39, 0.29) is 0 Å². The minimum absolute atomic E-state index is 0.564. The highest BCUT2D eigenvalue weighted by molar-refractivity contribution is 7.99. The molecule has 86 valence electrons.